The topological polar surface area (TPSA) is 43.1 Å². The van der Waals surface area contributed by atoms with Gasteiger partial charge in [0.1, 0.15) is 5.56 Å². The van der Waals surface area contributed by atoms with Crippen molar-refractivity contribution in [2.75, 3.05) is 0 Å². The normalized spacial score (nSPS) is 13.9. The number of carbonyl (C=O) groups excluding carboxylic acids is 1. The van der Waals surface area contributed by atoms with Gasteiger partial charge in [0.25, 0.3) is 11.5 Å². The average molecular weight is 381 g/mol. The highest BCUT2D eigenvalue weighted by molar-refractivity contribution is 9.10. The molecule has 19 heavy (non-hydrogen) atoms. The van der Waals surface area contributed by atoms with Crippen LogP contribution in [-0.4, -0.2) is 16.2 Å². The van der Waals surface area contributed by atoms with Crippen LogP contribution in [0.15, 0.2) is 51.4 Å². The first-order valence-electron chi connectivity index (χ1n) is 5.52. The maximum absolute atomic E-state index is 12.4. The number of hydrogen-bond acceptors (Lipinski definition) is 2. The molecule has 0 aromatic heterocycles. The van der Waals surface area contributed by atoms with E-state index in [2.05, 4.69) is 31.9 Å². The van der Waals surface area contributed by atoms with Crippen LogP contribution in [0, 0.1) is 5.21 Å². The van der Waals surface area contributed by atoms with Crippen molar-refractivity contribution in [3.05, 3.63) is 67.7 Å². The Hall–Kier alpha value is -1.46. The lowest BCUT2D eigenvalue weighted by atomic mass is 10.0. The Balaban J connectivity index is 2.20. The minimum atomic E-state index is -0.246. The molecule has 1 heterocycles. The number of benzene rings is 2. The van der Waals surface area contributed by atoms with E-state index in [-0.39, 0.29) is 11.5 Å². The van der Waals surface area contributed by atoms with Crippen molar-refractivity contribution in [1.82, 2.24) is 0 Å². The second-order valence-electron chi connectivity index (χ2n) is 4.14. The molecule has 0 aliphatic carbocycles. The fraction of sp³-hybridized carbons (Fsp3) is 0. The predicted molar refractivity (Wildman–Crippen MR) is 80.0 cm³/mol. The van der Waals surface area contributed by atoms with Gasteiger partial charge < -0.3 is 5.21 Å². The zero-order chi connectivity index (χ0) is 13.6. The Bertz CT molecular complexity index is 738. The van der Waals surface area contributed by atoms with Crippen LogP contribution < -0.4 is 0 Å². The summed E-state index contributed by atoms with van der Waals surface area (Å²) in [5.41, 5.74) is 1.60. The third-order valence-electron chi connectivity index (χ3n) is 2.94. The van der Waals surface area contributed by atoms with E-state index in [0.717, 1.165) is 8.95 Å². The number of hydrogen-bond donors (Lipinski definition) is 0. The average Bonchev–Trinajstić information content (AvgIpc) is 2.61. The summed E-state index contributed by atoms with van der Waals surface area (Å²) in [6.45, 7) is 0. The summed E-state index contributed by atoms with van der Waals surface area (Å²) in [5.74, 6) is -0.246. The summed E-state index contributed by atoms with van der Waals surface area (Å²) in [4.78, 5) is 12.4. The monoisotopic (exact) mass is 379 g/mol. The summed E-state index contributed by atoms with van der Waals surface area (Å²) in [7, 11) is 0. The van der Waals surface area contributed by atoms with Gasteiger partial charge in [0.15, 0.2) is 0 Å². The molecule has 1 aliphatic rings. The lowest BCUT2D eigenvalue weighted by Crippen LogP contribution is -2.16. The summed E-state index contributed by atoms with van der Waals surface area (Å²) in [6.07, 6.45) is 0. The van der Waals surface area contributed by atoms with E-state index in [1.54, 1.807) is 36.4 Å². The number of halogens is 2. The van der Waals surface area contributed by atoms with E-state index < -0.39 is 0 Å². The van der Waals surface area contributed by atoms with Crippen molar-refractivity contribution < 1.29 is 9.53 Å². The van der Waals surface area contributed by atoms with Crippen LogP contribution in [0.4, 0.5) is 5.69 Å². The second kappa shape index (κ2) is 4.58. The maximum Gasteiger partial charge on any atom is 0.272 e. The molecule has 0 amide bonds. The molecule has 94 valence electrons. The predicted octanol–water partition coefficient (Wildman–Crippen LogP) is 4.04. The van der Waals surface area contributed by atoms with E-state index in [4.69, 9.17) is 0 Å². The van der Waals surface area contributed by atoms with Crippen molar-refractivity contribution in [1.29, 1.82) is 0 Å². The first-order valence-corrected chi connectivity index (χ1v) is 7.11. The third-order valence-corrected chi connectivity index (χ3v) is 3.92. The van der Waals surface area contributed by atoms with E-state index in [1.165, 1.54) is 0 Å². The summed E-state index contributed by atoms with van der Waals surface area (Å²) < 4.78 is 2.31. The van der Waals surface area contributed by atoms with Gasteiger partial charge in [-0.3, -0.25) is 4.79 Å². The third kappa shape index (κ3) is 2.03. The minimum Gasteiger partial charge on any atom is -0.618 e. The van der Waals surface area contributed by atoms with Crippen molar-refractivity contribution >= 4 is 49.0 Å². The molecular weight excluding hydrogens is 374 g/mol. The Morgan fingerprint density at radius 2 is 1.74 bits per heavy atom. The minimum absolute atomic E-state index is 0.161. The van der Waals surface area contributed by atoms with Gasteiger partial charge in [-0.2, -0.15) is 4.74 Å². The highest BCUT2D eigenvalue weighted by Crippen LogP contribution is 2.30. The van der Waals surface area contributed by atoms with Gasteiger partial charge in [0.2, 0.25) is 5.69 Å². The highest BCUT2D eigenvalue weighted by Gasteiger charge is 2.36. The summed E-state index contributed by atoms with van der Waals surface area (Å²) in [5, 5.41) is 12.3. The molecule has 0 fully saturated rings. The van der Waals surface area contributed by atoms with Crippen molar-refractivity contribution in [3.8, 4) is 0 Å². The SMILES string of the molecule is O=C1C(c2cccc(Br)c2)=[N+]([O-])c2ccc(Br)cc21. The number of carbonyl (C=O) groups is 1. The molecule has 3 rings (SSSR count). The van der Waals surface area contributed by atoms with Crippen LogP contribution in [0.1, 0.15) is 15.9 Å². The standard InChI is InChI=1S/C14H7Br2NO2/c15-9-3-1-2-8(6-9)13-14(18)11-7-10(16)4-5-12(11)17(13)19/h1-7H. The Labute approximate surface area is 126 Å². The molecule has 0 atom stereocenters. The first kappa shape index (κ1) is 12.6. The van der Waals surface area contributed by atoms with E-state index in [1.807, 2.05) is 6.07 Å². The Morgan fingerprint density at radius 3 is 2.47 bits per heavy atom. The molecule has 0 unspecified atom stereocenters. The number of rotatable bonds is 1. The van der Waals surface area contributed by atoms with E-state index >= 15 is 0 Å². The zero-order valence-corrected chi connectivity index (χ0v) is 12.7. The molecule has 0 saturated heterocycles. The number of nitrogens with zero attached hydrogens (tertiary/aromatic N) is 1. The molecule has 0 saturated carbocycles. The molecular formula is C14H7Br2NO2. The number of fused-ring (bicyclic) bond motifs is 1. The summed E-state index contributed by atoms with van der Waals surface area (Å²) >= 11 is 6.65. The van der Waals surface area contributed by atoms with Crippen LogP contribution in [0.2, 0.25) is 0 Å². The molecule has 5 heteroatoms. The fourth-order valence-electron chi connectivity index (χ4n) is 2.09. The fourth-order valence-corrected chi connectivity index (χ4v) is 2.85. The van der Waals surface area contributed by atoms with Crippen molar-refractivity contribution in [2.45, 2.75) is 0 Å². The van der Waals surface area contributed by atoms with Gasteiger partial charge in [-0.05, 0) is 30.3 Å². The van der Waals surface area contributed by atoms with Crippen LogP contribution >= 0.6 is 31.9 Å². The van der Waals surface area contributed by atoms with Crippen LogP contribution in [0.25, 0.3) is 0 Å². The Kier molecular flexibility index (Phi) is 3.03. The molecule has 1 aliphatic heterocycles. The van der Waals surface area contributed by atoms with Crippen LogP contribution in [0.5, 0.6) is 0 Å². The number of ketones is 1. The zero-order valence-electron chi connectivity index (χ0n) is 9.56. The van der Waals surface area contributed by atoms with E-state index in [0.29, 0.717) is 21.6 Å². The van der Waals surface area contributed by atoms with Crippen molar-refractivity contribution in [3.63, 3.8) is 0 Å². The Morgan fingerprint density at radius 1 is 1.00 bits per heavy atom. The van der Waals surface area contributed by atoms with Gasteiger partial charge in [-0.15, -0.1) is 0 Å². The van der Waals surface area contributed by atoms with Crippen LogP contribution in [0.3, 0.4) is 0 Å². The lowest BCUT2D eigenvalue weighted by Gasteiger charge is -2.02. The van der Waals surface area contributed by atoms with Gasteiger partial charge >= 0.3 is 0 Å². The molecule has 2 aromatic rings. The van der Waals surface area contributed by atoms with Gasteiger partial charge in [0.05, 0.1) is 5.56 Å². The lowest BCUT2D eigenvalue weighted by molar-refractivity contribution is -0.355. The quantitative estimate of drug-likeness (QED) is 0.553. The summed E-state index contributed by atoms with van der Waals surface area (Å²) in [6, 6.07) is 12.2. The molecule has 0 bridgehead atoms. The molecule has 2 aromatic carbocycles. The molecule has 3 nitrogen and oxygen atoms in total. The molecule has 0 radical (unpaired) electrons. The largest absolute Gasteiger partial charge is 0.618 e. The van der Waals surface area contributed by atoms with Crippen molar-refractivity contribution in [2.24, 2.45) is 0 Å². The van der Waals surface area contributed by atoms with Gasteiger partial charge in [-0.1, -0.05) is 37.9 Å². The van der Waals surface area contributed by atoms with Gasteiger partial charge in [-0.25, -0.2) is 0 Å². The highest BCUT2D eigenvalue weighted by atomic mass is 79.9. The van der Waals surface area contributed by atoms with Crippen LogP contribution in [-0.2, 0) is 0 Å². The molecule has 0 spiro atoms. The number of Topliss-reactive ketones (excluding diaryl/α,β-unsaturated/α-hetero) is 1. The first-order chi connectivity index (χ1) is 9.08. The van der Waals surface area contributed by atoms with Gasteiger partial charge in [0, 0.05) is 15.0 Å². The smallest absolute Gasteiger partial charge is 0.272 e. The maximum atomic E-state index is 12.4. The van der Waals surface area contributed by atoms with E-state index in [9.17, 15) is 10.0 Å². The molecule has 0 N–H and O–H groups in total. The second-order valence-corrected chi connectivity index (χ2v) is 5.98.